The van der Waals surface area contributed by atoms with E-state index >= 15 is 0 Å². The number of carbonyl (C=O) groups excluding carboxylic acids is 1. The SMILES string of the molecule is O=C(c1cccc([N+](=O)[O-])c1)N1CCCC1c1ccccc1. The van der Waals surface area contributed by atoms with E-state index in [2.05, 4.69) is 0 Å². The molecule has 1 atom stereocenters. The Kier molecular flexibility index (Phi) is 3.87. The Morgan fingerprint density at radius 1 is 1.14 bits per heavy atom. The molecule has 1 amide bonds. The summed E-state index contributed by atoms with van der Waals surface area (Å²) in [5, 5.41) is 10.9. The first-order chi connectivity index (χ1) is 10.7. The van der Waals surface area contributed by atoms with Crippen molar-refractivity contribution in [2.24, 2.45) is 0 Å². The van der Waals surface area contributed by atoms with E-state index in [0.717, 1.165) is 18.4 Å². The monoisotopic (exact) mass is 296 g/mol. The number of benzene rings is 2. The van der Waals surface area contributed by atoms with Gasteiger partial charge in [0.25, 0.3) is 11.6 Å². The Morgan fingerprint density at radius 2 is 1.91 bits per heavy atom. The Morgan fingerprint density at radius 3 is 2.64 bits per heavy atom. The molecular formula is C17H16N2O3. The van der Waals surface area contributed by atoms with Gasteiger partial charge in [-0.25, -0.2) is 0 Å². The van der Waals surface area contributed by atoms with Gasteiger partial charge in [-0.1, -0.05) is 36.4 Å². The Balaban J connectivity index is 1.88. The second kappa shape index (κ2) is 5.97. The summed E-state index contributed by atoms with van der Waals surface area (Å²) in [4.78, 5) is 24.9. The van der Waals surface area contributed by atoms with Crippen molar-refractivity contribution in [2.45, 2.75) is 18.9 Å². The first-order valence-electron chi connectivity index (χ1n) is 7.27. The van der Waals surface area contributed by atoms with Crippen molar-refractivity contribution < 1.29 is 9.72 Å². The van der Waals surface area contributed by atoms with Gasteiger partial charge in [0, 0.05) is 24.2 Å². The fraction of sp³-hybridized carbons (Fsp3) is 0.235. The number of likely N-dealkylation sites (tertiary alicyclic amines) is 1. The number of rotatable bonds is 3. The Labute approximate surface area is 128 Å². The fourth-order valence-electron chi connectivity index (χ4n) is 2.95. The Bertz CT molecular complexity index is 700. The maximum absolute atomic E-state index is 12.7. The number of amides is 1. The van der Waals surface area contributed by atoms with Crippen LogP contribution in [0.25, 0.3) is 0 Å². The summed E-state index contributed by atoms with van der Waals surface area (Å²) in [6, 6.07) is 15.9. The molecule has 1 aliphatic heterocycles. The lowest BCUT2D eigenvalue weighted by molar-refractivity contribution is -0.384. The lowest BCUT2D eigenvalue weighted by atomic mass is 10.0. The minimum atomic E-state index is -0.477. The molecule has 0 aliphatic carbocycles. The third-order valence-electron chi connectivity index (χ3n) is 4.00. The van der Waals surface area contributed by atoms with Crippen molar-refractivity contribution in [1.29, 1.82) is 0 Å². The van der Waals surface area contributed by atoms with Gasteiger partial charge >= 0.3 is 0 Å². The minimum absolute atomic E-state index is 0.0490. The summed E-state index contributed by atoms with van der Waals surface area (Å²) in [6.45, 7) is 0.682. The van der Waals surface area contributed by atoms with Gasteiger partial charge in [0.1, 0.15) is 0 Å². The second-order valence-corrected chi connectivity index (χ2v) is 5.37. The van der Waals surface area contributed by atoms with Crippen LogP contribution in [0.3, 0.4) is 0 Å². The molecule has 0 bridgehead atoms. The number of hydrogen-bond acceptors (Lipinski definition) is 3. The van der Waals surface area contributed by atoms with Gasteiger partial charge in [-0.15, -0.1) is 0 Å². The highest BCUT2D eigenvalue weighted by Gasteiger charge is 2.30. The van der Waals surface area contributed by atoms with Crippen LogP contribution in [0.2, 0.25) is 0 Å². The van der Waals surface area contributed by atoms with Crippen LogP contribution >= 0.6 is 0 Å². The molecule has 3 rings (SSSR count). The second-order valence-electron chi connectivity index (χ2n) is 5.37. The zero-order valence-electron chi connectivity index (χ0n) is 12.0. The molecule has 1 fully saturated rings. The van der Waals surface area contributed by atoms with Crippen molar-refractivity contribution in [3.63, 3.8) is 0 Å². The molecule has 22 heavy (non-hydrogen) atoms. The quantitative estimate of drug-likeness (QED) is 0.642. The molecular weight excluding hydrogens is 280 g/mol. The van der Waals surface area contributed by atoms with Gasteiger partial charge in [0.05, 0.1) is 11.0 Å². The highest BCUT2D eigenvalue weighted by Crippen LogP contribution is 2.33. The summed E-state index contributed by atoms with van der Waals surface area (Å²) >= 11 is 0. The average molecular weight is 296 g/mol. The van der Waals surface area contributed by atoms with Crippen molar-refractivity contribution in [3.05, 3.63) is 75.8 Å². The molecule has 2 aromatic carbocycles. The molecule has 0 N–H and O–H groups in total. The fourth-order valence-corrected chi connectivity index (χ4v) is 2.95. The van der Waals surface area contributed by atoms with E-state index < -0.39 is 4.92 Å². The molecule has 2 aromatic rings. The van der Waals surface area contributed by atoms with Gasteiger partial charge in [-0.2, -0.15) is 0 Å². The number of nitro benzene ring substituents is 1. The molecule has 5 heteroatoms. The number of non-ortho nitro benzene ring substituents is 1. The summed E-state index contributed by atoms with van der Waals surface area (Å²) < 4.78 is 0. The molecule has 1 heterocycles. The van der Waals surface area contributed by atoms with Crippen LogP contribution in [0.4, 0.5) is 5.69 Å². The van der Waals surface area contributed by atoms with Crippen molar-refractivity contribution in [2.75, 3.05) is 6.54 Å². The van der Waals surface area contributed by atoms with Crippen LogP contribution in [0.15, 0.2) is 54.6 Å². The van der Waals surface area contributed by atoms with E-state index in [4.69, 9.17) is 0 Å². The maximum atomic E-state index is 12.7. The largest absolute Gasteiger partial charge is 0.332 e. The molecule has 1 unspecified atom stereocenters. The summed E-state index contributed by atoms with van der Waals surface area (Å²) in [5.74, 6) is -0.143. The first kappa shape index (κ1) is 14.3. The summed E-state index contributed by atoms with van der Waals surface area (Å²) in [7, 11) is 0. The molecule has 0 saturated carbocycles. The van der Waals surface area contributed by atoms with Crippen molar-refractivity contribution in [1.82, 2.24) is 4.90 Å². The van der Waals surface area contributed by atoms with E-state index in [1.807, 2.05) is 35.2 Å². The number of hydrogen-bond donors (Lipinski definition) is 0. The predicted octanol–water partition coefficient (Wildman–Crippen LogP) is 3.57. The smallest absolute Gasteiger partial charge is 0.270 e. The lowest BCUT2D eigenvalue weighted by Crippen LogP contribution is -2.30. The minimum Gasteiger partial charge on any atom is -0.332 e. The third-order valence-corrected chi connectivity index (χ3v) is 4.00. The number of nitrogens with zero attached hydrogens (tertiary/aromatic N) is 2. The van der Waals surface area contributed by atoms with Crippen LogP contribution in [0.1, 0.15) is 34.8 Å². The molecule has 0 spiro atoms. The number of carbonyl (C=O) groups is 1. The normalized spacial score (nSPS) is 17.5. The van der Waals surface area contributed by atoms with E-state index in [1.54, 1.807) is 12.1 Å². The highest BCUT2D eigenvalue weighted by molar-refractivity contribution is 5.95. The molecule has 1 saturated heterocycles. The number of nitro groups is 1. The summed E-state index contributed by atoms with van der Waals surface area (Å²) in [6.07, 6.45) is 1.87. The topological polar surface area (TPSA) is 63.4 Å². The first-order valence-corrected chi connectivity index (χ1v) is 7.27. The van der Waals surface area contributed by atoms with E-state index in [-0.39, 0.29) is 17.6 Å². The van der Waals surface area contributed by atoms with Crippen LogP contribution < -0.4 is 0 Å². The standard InChI is InChI=1S/C17H16N2O3/c20-17(14-8-4-9-15(12-14)19(21)22)18-11-5-10-16(18)13-6-2-1-3-7-13/h1-4,6-9,12,16H,5,10-11H2. The van der Waals surface area contributed by atoms with E-state index in [9.17, 15) is 14.9 Å². The van der Waals surface area contributed by atoms with Crippen molar-refractivity contribution in [3.8, 4) is 0 Å². The van der Waals surface area contributed by atoms with E-state index in [0.29, 0.717) is 12.1 Å². The van der Waals surface area contributed by atoms with Crippen LogP contribution in [-0.2, 0) is 0 Å². The maximum Gasteiger partial charge on any atom is 0.270 e. The van der Waals surface area contributed by atoms with Gasteiger partial charge in [-0.3, -0.25) is 14.9 Å². The van der Waals surface area contributed by atoms with E-state index in [1.165, 1.54) is 12.1 Å². The third kappa shape index (κ3) is 2.70. The molecule has 5 nitrogen and oxygen atoms in total. The lowest BCUT2D eigenvalue weighted by Gasteiger charge is -2.25. The highest BCUT2D eigenvalue weighted by atomic mass is 16.6. The van der Waals surface area contributed by atoms with Gasteiger partial charge in [-0.05, 0) is 24.5 Å². The summed E-state index contributed by atoms with van der Waals surface area (Å²) in [5.41, 5.74) is 1.43. The van der Waals surface area contributed by atoms with Crippen LogP contribution in [0, 0.1) is 10.1 Å². The van der Waals surface area contributed by atoms with Crippen molar-refractivity contribution >= 4 is 11.6 Å². The van der Waals surface area contributed by atoms with Gasteiger partial charge < -0.3 is 4.90 Å². The van der Waals surface area contributed by atoms with Gasteiger partial charge in [0.2, 0.25) is 0 Å². The predicted molar refractivity (Wildman–Crippen MR) is 82.5 cm³/mol. The zero-order valence-corrected chi connectivity index (χ0v) is 12.0. The van der Waals surface area contributed by atoms with Crippen LogP contribution in [0.5, 0.6) is 0 Å². The molecule has 0 radical (unpaired) electrons. The van der Waals surface area contributed by atoms with Gasteiger partial charge in [0.15, 0.2) is 0 Å². The molecule has 0 aromatic heterocycles. The molecule has 1 aliphatic rings. The molecule has 112 valence electrons. The zero-order chi connectivity index (χ0) is 15.5. The Hall–Kier alpha value is -2.69. The average Bonchev–Trinajstić information content (AvgIpc) is 3.04. The van der Waals surface area contributed by atoms with Crippen LogP contribution in [-0.4, -0.2) is 22.3 Å².